The molecule has 18 heavy (non-hydrogen) atoms. The minimum atomic E-state index is -0.646. The fourth-order valence-corrected chi connectivity index (χ4v) is 1.95. The third-order valence-corrected chi connectivity index (χ3v) is 2.99. The molecular weight excluding hydrogens is 242 g/mol. The van der Waals surface area contributed by atoms with E-state index in [2.05, 4.69) is 4.98 Å². The Balaban J connectivity index is 2.35. The van der Waals surface area contributed by atoms with Gasteiger partial charge in [0.25, 0.3) is 5.56 Å². The van der Waals surface area contributed by atoms with E-state index in [-0.39, 0.29) is 18.2 Å². The molecule has 0 saturated carbocycles. The van der Waals surface area contributed by atoms with Crippen molar-refractivity contribution < 1.29 is 14.9 Å². The van der Waals surface area contributed by atoms with Gasteiger partial charge >= 0.3 is 5.69 Å². The van der Waals surface area contributed by atoms with E-state index in [0.717, 1.165) is 0 Å². The zero-order valence-electron chi connectivity index (χ0n) is 9.57. The molecule has 2 heterocycles. The first-order valence-corrected chi connectivity index (χ1v) is 5.54. The normalized spacial score (nSPS) is 27.6. The van der Waals surface area contributed by atoms with Crippen LogP contribution in [-0.2, 0) is 11.3 Å². The zero-order chi connectivity index (χ0) is 13.3. The number of aliphatic hydroxyl groups is 2. The van der Waals surface area contributed by atoms with E-state index in [0.29, 0.717) is 6.42 Å². The summed E-state index contributed by atoms with van der Waals surface area (Å²) in [6.45, 7) is -0.708. The van der Waals surface area contributed by atoms with Gasteiger partial charge in [0.05, 0.1) is 24.9 Å². The molecule has 1 aliphatic rings. The second-order valence-corrected chi connectivity index (χ2v) is 4.19. The maximum absolute atomic E-state index is 11.6. The summed E-state index contributed by atoms with van der Waals surface area (Å²) >= 11 is 0. The van der Waals surface area contributed by atoms with Crippen LogP contribution in [0.25, 0.3) is 0 Å². The fraction of sp³-hybridized carbons (Fsp3) is 0.600. The van der Waals surface area contributed by atoms with Gasteiger partial charge in [0, 0.05) is 18.7 Å². The van der Waals surface area contributed by atoms with Crippen LogP contribution in [0.5, 0.6) is 0 Å². The summed E-state index contributed by atoms with van der Waals surface area (Å²) in [6, 6.07) is -0.378. The quantitative estimate of drug-likeness (QED) is 0.479. The van der Waals surface area contributed by atoms with Gasteiger partial charge < -0.3 is 20.7 Å². The number of nitrogens with zero attached hydrogens (tertiary/aromatic N) is 1. The van der Waals surface area contributed by atoms with E-state index in [9.17, 15) is 9.59 Å². The van der Waals surface area contributed by atoms with Crippen molar-refractivity contribution in [2.45, 2.75) is 31.4 Å². The van der Waals surface area contributed by atoms with Gasteiger partial charge in [-0.15, -0.1) is 0 Å². The van der Waals surface area contributed by atoms with Crippen LogP contribution in [0.2, 0.25) is 0 Å². The Morgan fingerprint density at radius 3 is 2.78 bits per heavy atom. The van der Waals surface area contributed by atoms with Crippen molar-refractivity contribution >= 4 is 0 Å². The van der Waals surface area contributed by atoms with E-state index in [1.54, 1.807) is 0 Å². The molecule has 100 valence electrons. The summed E-state index contributed by atoms with van der Waals surface area (Å²) in [5.41, 5.74) is 4.56. The van der Waals surface area contributed by atoms with Crippen LogP contribution in [0.15, 0.2) is 15.8 Å². The van der Waals surface area contributed by atoms with Crippen molar-refractivity contribution in [1.82, 2.24) is 9.55 Å². The Morgan fingerprint density at radius 2 is 2.22 bits per heavy atom. The molecule has 0 unspecified atom stereocenters. The van der Waals surface area contributed by atoms with E-state index in [1.807, 2.05) is 0 Å². The molecule has 0 amide bonds. The van der Waals surface area contributed by atoms with Crippen LogP contribution in [0.3, 0.4) is 0 Å². The van der Waals surface area contributed by atoms with Gasteiger partial charge in [0.2, 0.25) is 0 Å². The highest BCUT2D eigenvalue weighted by Gasteiger charge is 2.33. The molecule has 1 aromatic rings. The molecule has 3 atom stereocenters. The first-order valence-electron chi connectivity index (χ1n) is 5.54. The summed E-state index contributed by atoms with van der Waals surface area (Å²) in [7, 11) is 0. The summed E-state index contributed by atoms with van der Waals surface area (Å²) < 4.78 is 6.58. The van der Waals surface area contributed by atoms with Gasteiger partial charge in [-0.1, -0.05) is 0 Å². The number of aromatic amines is 1. The fourth-order valence-electron chi connectivity index (χ4n) is 1.95. The maximum Gasteiger partial charge on any atom is 0.330 e. The Hall–Kier alpha value is -1.48. The molecule has 2 rings (SSSR count). The van der Waals surface area contributed by atoms with E-state index < -0.39 is 30.2 Å². The lowest BCUT2D eigenvalue weighted by molar-refractivity contribution is -0.0273. The van der Waals surface area contributed by atoms with Crippen LogP contribution >= 0.6 is 0 Å². The molecule has 0 aliphatic carbocycles. The third kappa shape index (κ3) is 2.23. The zero-order valence-corrected chi connectivity index (χ0v) is 9.57. The molecule has 1 saturated heterocycles. The van der Waals surface area contributed by atoms with Gasteiger partial charge in [-0.2, -0.15) is 0 Å². The number of ether oxygens (including phenoxy) is 1. The van der Waals surface area contributed by atoms with Gasteiger partial charge in [-0.3, -0.25) is 14.3 Å². The number of H-pyrrole nitrogens is 1. The molecule has 0 radical (unpaired) electrons. The first-order chi connectivity index (χ1) is 8.56. The summed E-state index contributed by atoms with van der Waals surface area (Å²) in [4.78, 5) is 25.0. The van der Waals surface area contributed by atoms with Crippen molar-refractivity contribution in [3.05, 3.63) is 32.6 Å². The lowest BCUT2D eigenvalue weighted by Gasteiger charge is -2.15. The average Bonchev–Trinajstić information content (AvgIpc) is 2.70. The summed E-state index contributed by atoms with van der Waals surface area (Å²) in [5, 5.41) is 18.0. The van der Waals surface area contributed by atoms with Gasteiger partial charge in [-0.05, 0) is 0 Å². The van der Waals surface area contributed by atoms with E-state index >= 15 is 0 Å². The van der Waals surface area contributed by atoms with Gasteiger partial charge in [0.15, 0.2) is 0 Å². The third-order valence-electron chi connectivity index (χ3n) is 2.99. The Bertz CT molecular complexity index is 537. The maximum atomic E-state index is 11.6. The molecule has 1 aliphatic heterocycles. The second kappa shape index (κ2) is 5.02. The predicted molar refractivity (Wildman–Crippen MR) is 60.8 cm³/mol. The van der Waals surface area contributed by atoms with Crippen LogP contribution in [0.1, 0.15) is 18.2 Å². The standard InChI is InChI=1S/C10H15N3O5/c11-6-1-8(18-7(6)4-15)13-2-5(3-14)9(16)12-10(13)17/h2,6-8,14-15H,1,3-4,11H2,(H,12,16,17)/t6-,7+,8+/m0/s1. The Labute approximate surface area is 102 Å². The SMILES string of the molecule is N[C@H]1C[C@H](n2cc(CO)c(=O)[nH]c2=O)O[C@@H]1CO. The number of aliphatic hydroxyl groups excluding tert-OH is 2. The summed E-state index contributed by atoms with van der Waals surface area (Å²) in [6.07, 6.45) is 0.415. The lowest BCUT2D eigenvalue weighted by Crippen LogP contribution is -2.34. The highest BCUT2D eigenvalue weighted by molar-refractivity contribution is 5.03. The Morgan fingerprint density at radius 1 is 1.50 bits per heavy atom. The second-order valence-electron chi connectivity index (χ2n) is 4.19. The lowest BCUT2D eigenvalue weighted by atomic mass is 10.1. The number of nitrogens with two attached hydrogens (primary N) is 1. The minimum absolute atomic E-state index is 0.0687. The van der Waals surface area contributed by atoms with Crippen molar-refractivity contribution in [3.8, 4) is 0 Å². The number of hydrogen-bond donors (Lipinski definition) is 4. The number of nitrogens with one attached hydrogen (secondary N) is 1. The Kier molecular flexibility index (Phi) is 3.62. The van der Waals surface area contributed by atoms with Crippen molar-refractivity contribution in [2.24, 2.45) is 5.73 Å². The highest BCUT2D eigenvalue weighted by atomic mass is 16.5. The largest absolute Gasteiger partial charge is 0.394 e. The van der Waals surface area contributed by atoms with Crippen LogP contribution in [0.4, 0.5) is 0 Å². The van der Waals surface area contributed by atoms with Crippen LogP contribution in [0, 0.1) is 0 Å². The summed E-state index contributed by atoms with van der Waals surface area (Å²) in [5.74, 6) is 0. The van der Waals surface area contributed by atoms with Crippen LogP contribution in [-0.4, -0.2) is 38.5 Å². The molecule has 5 N–H and O–H groups in total. The van der Waals surface area contributed by atoms with Crippen LogP contribution < -0.4 is 17.0 Å². The molecule has 0 aromatic carbocycles. The highest BCUT2D eigenvalue weighted by Crippen LogP contribution is 2.25. The van der Waals surface area contributed by atoms with Crippen molar-refractivity contribution in [1.29, 1.82) is 0 Å². The first kappa shape index (κ1) is 13.0. The average molecular weight is 257 g/mol. The molecule has 8 nitrogen and oxygen atoms in total. The molecule has 1 aromatic heterocycles. The predicted octanol–water partition coefficient (Wildman–Crippen LogP) is -2.36. The van der Waals surface area contributed by atoms with Crippen molar-refractivity contribution in [3.63, 3.8) is 0 Å². The van der Waals surface area contributed by atoms with Gasteiger partial charge in [0.1, 0.15) is 6.23 Å². The molecule has 8 heteroatoms. The van der Waals surface area contributed by atoms with Gasteiger partial charge in [-0.25, -0.2) is 4.79 Å². The molecule has 0 bridgehead atoms. The number of aromatic nitrogens is 2. The van der Waals surface area contributed by atoms with E-state index in [4.69, 9.17) is 20.7 Å². The molecule has 0 spiro atoms. The number of rotatable bonds is 3. The number of hydrogen-bond acceptors (Lipinski definition) is 6. The molecular formula is C10H15N3O5. The smallest absolute Gasteiger partial charge is 0.330 e. The molecule has 1 fully saturated rings. The van der Waals surface area contributed by atoms with Crippen molar-refractivity contribution in [2.75, 3.05) is 6.61 Å². The monoisotopic (exact) mass is 257 g/mol. The topological polar surface area (TPSA) is 131 Å². The van der Waals surface area contributed by atoms with E-state index in [1.165, 1.54) is 10.8 Å². The minimum Gasteiger partial charge on any atom is -0.394 e.